The quantitative estimate of drug-likeness (QED) is 0.418. The van der Waals surface area contributed by atoms with E-state index in [2.05, 4.69) is 10.3 Å². The largest absolute Gasteiger partial charge is 0.392 e. The predicted octanol–water partition coefficient (Wildman–Crippen LogP) is 2.81. The van der Waals surface area contributed by atoms with E-state index in [0.29, 0.717) is 12.1 Å². The molecule has 3 aromatic rings. The topological polar surface area (TPSA) is 108 Å². The fourth-order valence-electron chi connectivity index (χ4n) is 6.25. The standard InChI is InChI=1S/C26H22F6N4O4/c27-12-3-16(28)21(17(29)4-12)36-8-14(24(40)34-25-5-11(6-25)15(7-25)26(30,31)32)22(39)13-1-2-20(33-23(13)36)35-9-18(37)19(38)10-35/h1-4,8,11,15,18-19,37-38H,5-7,9-10H2,(H,34,40)/t11?,15-,18+,19+,25?/m0/s1. The summed E-state index contributed by atoms with van der Waals surface area (Å²) in [5.41, 5.74) is -3.78. The number of halogens is 6. The van der Waals surface area contributed by atoms with Crippen molar-refractivity contribution in [2.24, 2.45) is 11.8 Å². The number of amides is 1. The van der Waals surface area contributed by atoms with Crippen molar-refractivity contribution in [1.82, 2.24) is 14.9 Å². The number of benzene rings is 1. The molecule has 1 amide bonds. The minimum atomic E-state index is -4.42. The van der Waals surface area contributed by atoms with Crippen molar-refractivity contribution in [2.75, 3.05) is 18.0 Å². The van der Waals surface area contributed by atoms with Crippen LogP contribution in [0, 0.1) is 29.3 Å². The number of pyridine rings is 2. The summed E-state index contributed by atoms with van der Waals surface area (Å²) in [5.74, 6) is -7.03. The second-order valence-corrected chi connectivity index (χ2v) is 10.8. The number of hydrogen-bond donors (Lipinski definition) is 3. The molecule has 1 saturated heterocycles. The number of aromatic nitrogens is 2. The monoisotopic (exact) mass is 568 g/mol. The lowest BCUT2D eigenvalue weighted by atomic mass is 9.76. The van der Waals surface area contributed by atoms with Gasteiger partial charge in [-0.05, 0) is 37.3 Å². The number of rotatable bonds is 4. The summed E-state index contributed by atoms with van der Waals surface area (Å²) in [7, 11) is 0. The SMILES string of the molecule is O=C(NC12CC(C1)[C@@H](C(F)(F)F)C2)c1cn(-c2c(F)cc(F)cc2F)c2nc(N3C[C@@H](O)[C@H](O)C3)ccc2c1=O. The zero-order valence-corrected chi connectivity index (χ0v) is 20.6. The lowest BCUT2D eigenvalue weighted by Crippen LogP contribution is -2.52. The van der Waals surface area contributed by atoms with Gasteiger partial charge in [-0.25, -0.2) is 18.2 Å². The van der Waals surface area contributed by atoms with Gasteiger partial charge in [0.05, 0.1) is 23.5 Å². The number of nitrogens with one attached hydrogen (secondary N) is 1. The lowest BCUT2D eigenvalue weighted by molar-refractivity contribution is -0.180. The maximum absolute atomic E-state index is 14.9. The molecule has 3 saturated carbocycles. The van der Waals surface area contributed by atoms with Crippen LogP contribution in [-0.2, 0) is 0 Å². The fraction of sp³-hybridized carbons (Fsp3) is 0.423. The molecule has 3 aliphatic carbocycles. The summed E-state index contributed by atoms with van der Waals surface area (Å²) < 4.78 is 84.3. The number of aliphatic hydroxyl groups is 2. The van der Waals surface area contributed by atoms with Crippen molar-refractivity contribution in [3.63, 3.8) is 0 Å². The average Bonchev–Trinajstić information content (AvgIpc) is 3.51. The summed E-state index contributed by atoms with van der Waals surface area (Å²) in [5, 5.41) is 22.1. The molecular weight excluding hydrogens is 546 g/mol. The van der Waals surface area contributed by atoms with Crippen LogP contribution in [0.1, 0.15) is 29.6 Å². The Balaban J connectivity index is 1.46. The van der Waals surface area contributed by atoms with Gasteiger partial charge in [-0.15, -0.1) is 0 Å². The minimum absolute atomic E-state index is 0.0222. The number of nitrogens with zero attached hydrogens (tertiary/aromatic N) is 3. The normalized spacial score (nSPS) is 27.8. The molecule has 3 N–H and O–H groups in total. The highest BCUT2D eigenvalue weighted by molar-refractivity contribution is 5.98. The van der Waals surface area contributed by atoms with Gasteiger partial charge in [0.1, 0.15) is 22.9 Å². The third kappa shape index (κ3) is 4.20. The predicted molar refractivity (Wildman–Crippen MR) is 129 cm³/mol. The summed E-state index contributed by atoms with van der Waals surface area (Å²) in [6.45, 7) is -0.0443. The number of fused-ring (bicyclic) bond motifs is 2. The molecule has 2 aromatic heterocycles. The van der Waals surface area contributed by atoms with Crippen molar-refractivity contribution < 1.29 is 41.4 Å². The number of aliphatic hydroxyl groups excluding tert-OH is 2. The van der Waals surface area contributed by atoms with Gasteiger partial charge in [-0.3, -0.25) is 14.2 Å². The molecule has 2 bridgehead atoms. The van der Waals surface area contributed by atoms with E-state index in [1.54, 1.807) is 0 Å². The Morgan fingerprint density at radius 2 is 1.65 bits per heavy atom. The molecule has 7 rings (SSSR count). The summed E-state index contributed by atoms with van der Waals surface area (Å²) in [6.07, 6.45) is -5.94. The van der Waals surface area contributed by atoms with E-state index in [1.807, 2.05) is 0 Å². The first-order chi connectivity index (χ1) is 18.8. The Morgan fingerprint density at radius 1 is 1.02 bits per heavy atom. The molecule has 0 spiro atoms. The van der Waals surface area contributed by atoms with E-state index >= 15 is 0 Å². The Morgan fingerprint density at radius 3 is 2.23 bits per heavy atom. The molecule has 212 valence electrons. The van der Waals surface area contributed by atoms with E-state index in [1.165, 1.54) is 17.0 Å². The van der Waals surface area contributed by atoms with Crippen LogP contribution < -0.4 is 15.6 Å². The highest BCUT2D eigenvalue weighted by Gasteiger charge is 2.64. The van der Waals surface area contributed by atoms with E-state index in [-0.39, 0.29) is 49.2 Å². The van der Waals surface area contributed by atoms with Crippen molar-refractivity contribution in [3.8, 4) is 5.69 Å². The van der Waals surface area contributed by atoms with E-state index < -0.39 is 75.8 Å². The van der Waals surface area contributed by atoms with Gasteiger partial charge in [0.15, 0.2) is 17.3 Å². The lowest BCUT2D eigenvalue weighted by Gasteiger charge is -2.39. The highest BCUT2D eigenvalue weighted by atomic mass is 19.4. The summed E-state index contributed by atoms with van der Waals surface area (Å²) >= 11 is 0. The molecule has 14 heteroatoms. The third-order valence-corrected chi connectivity index (χ3v) is 8.17. The summed E-state index contributed by atoms with van der Waals surface area (Å²) in [6, 6.07) is 3.42. The van der Waals surface area contributed by atoms with Gasteiger partial charge in [-0.1, -0.05) is 0 Å². The van der Waals surface area contributed by atoms with Crippen LogP contribution in [0.5, 0.6) is 0 Å². The minimum Gasteiger partial charge on any atom is -0.389 e. The van der Waals surface area contributed by atoms with Gasteiger partial charge in [0.25, 0.3) is 5.91 Å². The number of carbonyl (C=O) groups is 1. The van der Waals surface area contributed by atoms with E-state index in [0.717, 1.165) is 10.8 Å². The number of anilines is 1. The summed E-state index contributed by atoms with van der Waals surface area (Å²) in [4.78, 5) is 32.5. The zero-order chi connectivity index (χ0) is 28.7. The third-order valence-electron chi connectivity index (χ3n) is 8.17. The first-order valence-corrected chi connectivity index (χ1v) is 12.5. The van der Waals surface area contributed by atoms with Crippen LogP contribution in [0.4, 0.5) is 32.2 Å². The van der Waals surface area contributed by atoms with Crippen LogP contribution in [0.15, 0.2) is 35.3 Å². The Bertz CT molecular complexity index is 1570. The van der Waals surface area contributed by atoms with E-state index in [4.69, 9.17) is 0 Å². The van der Waals surface area contributed by atoms with Crippen molar-refractivity contribution in [3.05, 3.63) is 63.7 Å². The molecule has 8 nitrogen and oxygen atoms in total. The number of hydrogen-bond acceptors (Lipinski definition) is 6. The zero-order valence-electron chi connectivity index (χ0n) is 20.6. The molecule has 1 aliphatic heterocycles. The Labute approximate surface area is 221 Å². The van der Waals surface area contributed by atoms with Gasteiger partial charge >= 0.3 is 6.18 Å². The first kappa shape index (κ1) is 26.6. The second kappa shape index (κ2) is 8.93. The second-order valence-electron chi connectivity index (χ2n) is 10.8. The maximum Gasteiger partial charge on any atom is 0.392 e. The molecule has 4 fully saturated rings. The van der Waals surface area contributed by atoms with Crippen LogP contribution in [0.3, 0.4) is 0 Å². The highest BCUT2D eigenvalue weighted by Crippen LogP contribution is 2.60. The number of alkyl halides is 3. The van der Waals surface area contributed by atoms with Gasteiger partial charge < -0.3 is 20.4 Å². The Hall–Kier alpha value is -3.65. The molecule has 4 aliphatic rings. The van der Waals surface area contributed by atoms with Crippen LogP contribution in [-0.4, -0.2) is 62.7 Å². The van der Waals surface area contributed by atoms with Gasteiger partial charge in [-0.2, -0.15) is 13.2 Å². The molecule has 3 atom stereocenters. The molecule has 40 heavy (non-hydrogen) atoms. The fourth-order valence-corrected chi connectivity index (χ4v) is 6.25. The molecule has 0 radical (unpaired) electrons. The van der Waals surface area contributed by atoms with Crippen LogP contribution in [0.25, 0.3) is 16.7 Å². The van der Waals surface area contributed by atoms with E-state index in [9.17, 15) is 46.1 Å². The van der Waals surface area contributed by atoms with Crippen LogP contribution >= 0.6 is 0 Å². The van der Waals surface area contributed by atoms with Crippen molar-refractivity contribution in [2.45, 2.75) is 43.2 Å². The molecule has 1 aromatic carbocycles. The molecular formula is C26H22F6N4O4. The van der Waals surface area contributed by atoms with Gasteiger partial charge in [0.2, 0.25) is 5.43 Å². The van der Waals surface area contributed by atoms with Crippen molar-refractivity contribution >= 4 is 22.8 Å². The van der Waals surface area contributed by atoms with Crippen molar-refractivity contribution in [1.29, 1.82) is 0 Å². The van der Waals surface area contributed by atoms with Gasteiger partial charge in [0, 0.05) is 37.0 Å². The number of β-amino-alcohol motifs (C(OH)–C–C–N with tert-alkyl or cyclic N) is 2. The Kier molecular flexibility index (Phi) is 5.93. The smallest absolute Gasteiger partial charge is 0.389 e. The molecule has 3 heterocycles. The average molecular weight is 568 g/mol. The maximum atomic E-state index is 14.9. The number of carbonyl (C=O) groups excluding carboxylic acids is 1. The molecule has 0 unspecified atom stereocenters. The van der Waals surface area contributed by atoms with Crippen LogP contribution in [0.2, 0.25) is 0 Å². The first-order valence-electron chi connectivity index (χ1n) is 12.5.